The maximum absolute atomic E-state index is 11.3. The zero-order valence-corrected chi connectivity index (χ0v) is 10.8. The first-order chi connectivity index (χ1) is 9.21. The molecule has 1 N–H and O–H groups in total. The third-order valence-corrected chi connectivity index (χ3v) is 3.47. The molecular weight excluding hydrogens is 244 g/mol. The topological polar surface area (TPSA) is 63.8 Å². The van der Waals surface area contributed by atoms with E-state index >= 15 is 0 Å². The molecule has 100 valence electrons. The molecule has 0 aliphatic heterocycles. The van der Waals surface area contributed by atoms with Gasteiger partial charge >= 0.3 is 5.97 Å². The fourth-order valence-corrected chi connectivity index (χ4v) is 2.31. The van der Waals surface area contributed by atoms with Gasteiger partial charge in [0.2, 0.25) is 0 Å². The minimum Gasteiger partial charge on any atom is -0.469 e. The van der Waals surface area contributed by atoms with Crippen LogP contribution < -0.4 is 0 Å². The summed E-state index contributed by atoms with van der Waals surface area (Å²) in [6.45, 7) is -0.0429. The largest absolute Gasteiger partial charge is 0.469 e. The van der Waals surface area contributed by atoms with Crippen LogP contribution in [0.3, 0.4) is 0 Å². The van der Waals surface area contributed by atoms with Gasteiger partial charge in [-0.3, -0.25) is 4.79 Å². The summed E-state index contributed by atoms with van der Waals surface area (Å²) in [6, 6.07) is 2.02. The van der Waals surface area contributed by atoms with Crippen LogP contribution in [0, 0.1) is 0 Å². The molecule has 1 aliphatic carbocycles. The van der Waals surface area contributed by atoms with Gasteiger partial charge in [0.25, 0.3) is 0 Å². The van der Waals surface area contributed by atoms with Crippen LogP contribution in [0.25, 0.3) is 5.65 Å². The predicted octanol–water partition coefficient (Wildman–Crippen LogP) is 1.42. The highest BCUT2D eigenvalue weighted by molar-refractivity contribution is 5.72. The first-order valence-electron chi connectivity index (χ1n) is 6.39. The Balaban J connectivity index is 2.02. The molecule has 2 aromatic rings. The van der Waals surface area contributed by atoms with Crippen molar-refractivity contribution in [2.45, 2.75) is 31.8 Å². The van der Waals surface area contributed by atoms with E-state index in [1.54, 1.807) is 0 Å². The number of hydrogen-bond acceptors (Lipinski definition) is 4. The lowest BCUT2D eigenvalue weighted by Gasteiger charge is -2.04. The number of aliphatic hydroxyl groups is 1. The molecule has 0 radical (unpaired) electrons. The molecule has 0 atom stereocenters. The molecule has 19 heavy (non-hydrogen) atoms. The standard InChI is InChI=1S/C14H16N2O3/c1-19-13(18)5-12-7-16-6-10(9-2-3-9)4-11(8-17)14(16)15-12/h4,6-7,9,17H,2-3,5,8H2,1H3. The molecule has 0 aromatic carbocycles. The number of nitrogens with zero attached hydrogens (tertiary/aromatic N) is 2. The van der Waals surface area contributed by atoms with Crippen LogP contribution in [0.1, 0.15) is 35.6 Å². The molecule has 2 aromatic heterocycles. The molecule has 0 amide bonds. The second-order valence-corrected chi connectivity index (χ2v) is 4.95. The highest BCUT2D eigenvalue weighted by Crippen LogP contribution is 2.40. The van der Waals surface area contributed by atoms with Crippen molar-refractivity contribution < 1.29 is 14.6 Å². The van der Waals surface area contributed by atoms with Gasteiger partial charge in [-0.25, -0.2) is 4.98 Å². The zero-order valence-electron chi connectivity index (χ0n) is 10.8. The summed E-state index contributed by atoms with van der Waals surface area (Å²) in [7, 11) is 1.36. The van der Waals surface area contributed by atoms with Crippen molar-refractivity contribution >= 4 is 11.6 Å². The van der Waals surface area contributed by atoms with E-state index in [2.05, 4.69) is 9.72 Å². The molecule has 1 aliphatic rings. The molecule has 5 nitrogen and oxygen atoms in total. The quantitative estimate of drug-likeness (QED) is 0.844. The van der Waals surface area contributed by atoms with Crippen molar-refractivity contribution in [3.05, 3.63) is 35.3 Å². The number of imidazole rings is 1. The van der Waals surface area contributed by atoms with Gasteiger partial charge in [0, 0.05) is 18.0 Å². The number of carbonyl (C=O) groups is 1. The summed E-state index contributed by atoms with van der Waals surface area (Å²) in [4.78, 5) is 15.7. The fraction of sp³-hybridized carbons (Fsp3) is 0.429. The van der Waals surface area contributed by atoms with E-state index in [1.807, 2.05) is 22.9 Å². The molecular formula is C14H16N2O3. The van der Waals surface area contributed by atoms with E-state index in [1.165, 1.54) is 25.5 Å². The van der Waals surface area contributed by atoms with Gasteiger partial charge in [0.15, 0.2) is 0 Å². The minimum atomic E-state index is -0.309. The summed E-state index contributed by atoms with van der Waals surface area (Å²) >= 11 is 0. The summed E-state index contributed by atoms with van der Waals surface area (Å²) < 4.78 is 6.54. The fourth-order valence-electron chi connectivity index (χ4n) is 2.31. The van der Waals surface area contributed by atoms with Crippen molar-refractivity contribution in [1.82, 2.24) is 9.38 Å². The lowest BCUT2D eigenvalue weighted by molar-refractivity contribution is -0.139. The van der Waals surface area contributed by atoms with Crippen molar-refractivity contribution in [2.75, 3.05) is 7.11 Å². The number of fused-ring (bicyclic) bond motifs is 1. The SMILES string of the molecule is COC(=O)Cc1cn2cc(C3CC3)cc(CO)c2n1. The van der Waals surface area contributed by atoms with Gasteiger partial charge in [-0.05, 0) is 30.4 Å². The smallest absolute Gasteiger partial charge is 0.311 e. The molecule has 0 saturated heterocycles. The number of aliphatic hydroxyl groups excluding tert-OH is 1. The summed E-state index contributed by atoms with van der Waals surface area (Å²) in [6.07, 6.45) is 6.44. The van der Waals surface area contributed by atoms with Crippen molar-refractivity contribution in [3.63, 3.8) is 0 Å². The number of rotatable bonds is 4. The molecule has 3 rings (SSSR count). The average molecular weight is 260 g/mol. The van der Waals surface area contributed by atoms with E-state index in [-0.39, 0.29) is 19.0 Å². The second kappa shape index (κ2) is 4.66. The predicted molar refractivity (Wildman–Crippen MR) is 68.8 cm³/mol. The van der Waals surface area contributed by atoms with Crippen molar-refractivity contribution in [1.29, 1.82) is 0 Å². The van der Waals surface area contributed by atoms with Crippen LogP contribution in [0.15, 0.2) is 18.5 Å². The number of pyridine rings is 1. The van der Waals surface area contributed by atoms with Crippen LogP contribution in [-0.2, 0) is 22.6 Å². The number of methoxy groups -OCH3 is 1. The van der Waals surface area contributed by atoms with E-state index in [0.29, 0.717) is 17.3 Å². The molecule has 0 bridgehead atoms. The molecule has 1 fully saturated rings. The lowest BCUT2D eigenvalue weighted by Crippen LogP contribution is -2.04. The van der Waals surface area contributed by atoms with E-state index in [9.17, 15) is 9.90 Å². The number of aromatic nitrogens is 2. The van der Waals surface area contributed by atoms with Crippen LogP contribution in [-0.4, -0.2) is 27.6 Å². The number of ether oxygens (including phenoxy) is 1. The number of esters is 1. The summed E-state index contributed by atoms with van der Waals surface area (Å²) in [5.74, 6) is 0.303. The minimum absolute atomic E-state index is 0.0429. The summed E-state index contributed by atoms with van der Waals surface area (Å²) in [5, 5.41) is 9.45. The lowest BCUT2D eigenvalue weighted by atomic mass is 10.1. The molecule has 2 heterocycles. The number of carbonyl (C=O) groups excluding carboxylic acids is 1. The van der Waals surface area contributed by atoms with Crippen LogP contribution in [0.5, 0.6) is 0 Å². The molecule has 1 saturated carbocycles. The molecule has 5 heteroatoms. The van der Waals surface area contributed by atoms with Crippen LogP contribution in [0.4, 0.5) is 0 Å². The molecule has 0 unspecified atom stereocenters. The molecule has 0 spiro atoms. The number of hydrogen-bond donors (Lipinski definition) is 1. The van der Waals surface area contributed by atoms with Gasteiger partial charge < -0.3 is 14.2 Å². The van der Waals surface area contributed by atoms with Crippen molar-refractivity contribution in [2.24, 2.45) is 0 Å². The normalized spacial score (nSPS) is 14.8. The Bertz CT molecular complexity index is 629. The highest BCUT2D eigenvalue weighted by Gasteiger charge is 2.25. The van der Waals surface area contributed by atoms with Gasteiger partial charge in [0.05, 0.1) is 25.8 Å². The Labute approximate surface area is 110 Å². The van der Waals surface area contributed by atoms with Crippen LogP contribution in [0.2, 0.25) is 0 Å². The Kier molecular flexibility index (Phi) is 2.98. The highest BCUT2D eigenvalue weighted by atomic mass is 16.5. The zero-order chi connectivity index (χ0) is 13.4. The maximum Gasteiger partial charge on any atom is 0.311 e. The van der Waals surface area contributed by atoms with Gasteiger partial charge in [0.1, 0.15) is 5.65 Å². The van der Waals surface area contributed by atoms with Crippen molar-refractivity contribution in [3.8, 4) is 0 Å². The van der Waals surface area contributed by atoms with E-state index in [0.717, 1.165) is 5.56 Å². The average Bonchev–Trinajstić information content (AvgIpc) is 3.18. The Morgan fingerprint density at radius 3 is 2.95 bits per heavy atom. The third kappa shape index (κ3) is 2.33. The first-order valence-corrected chi connectivity index (χ1v) is 6.39. The van der Waals surface area contributed by atoms with Gasteiger partial charge in [-0.15, -0.1) is 0 Å². The van der Waals surface area contributed by atoms with Gasteiger partial charge in [-0.2, -0.15) is 0 Å². The Morgan fingerprint density at radius 2 is 2.32 bits per heavy atom. The third-order valence-electron chi connectivity index (χ3n) is 3.47. The Morgan fingerprint density at radius 1 is 1.53 bits per heavy atom. The maximum atomic E-state index is 11.3. The van der Waals surface area contributed by atoms with Gasteiger partial charge in [-0.1, -0.05) is 0 Å². The van der Waals surface area contributed by atoms with E-state index < -0.39 is 0 Å². The second-order valence-electron chi connectivity index (χ2n) is 4.95. The first kappa shape index (κ1) is 12.2. The van der Waals surface area contributed by atoms with E-state index in [4.69, 9.17) is 0 Å². The van der Waals surface area contributed by atoms with Crippen LogP contribution >= 0.6 is 0 Å². The Hall–Kier alpha value is -1.88. The monoisotopic (exact) mass is 260 g/mol. The summed E-state index contributed by atoms with van der Waals surface area (Å²) in [5.41, 5.74) is 3.42.